The molecule has 3 rings (SSSR count). The van der Waals surface area contributed by atoms with Gasteiger partial charge in [-0.3, -0.25) is 4.79 Å². The highest BCUT2D eigenvalue weighted by Gasteiger charge is 2.26. The summed E-state index contributed by atoms with van der Waals surface area (Å²) in [6, 6.07) is 3.49. The number of ketones is 1. The summed E-state index contributed by atoms with van der Waals surface area (Å²) >= 11 is 1.34. The molecule has 25 heavy (non-hydrogen) atoms. The van der Waals surface area contributed by atoms with Gasteiger partial charge < -0.3 is 18.6 Å². The number of hydrogen-bond donors (Lipinski definition) is 0. The lowest BCUT2D eigenvalue weighted by atomic mass is 9.99. The van der Waals surface area contributed by atoms with Crippen molar-refractivity contribution in [3.63, 3.8) is 0 Å². The Morgan fingerprint density at radius 2 is 1.80 bits per heavy atom. The first kappa shape index (κ1) is 17.6. The Labute approximate surface area is 150 Å². The first-order valence-electron chi connectivity index (χ1n) is 7.99. The van der Waals surface area contributed by atoms with Crippen molar-refractivity contribution < 1.29 is 23.4 Å². The van der Waals surface area contributed by atoms with Crippen LogP contribution in [0.3, 0.4) is 0 Å². The van der Waals surface area contributed by atoms with E-state index in [9.17, 15) is 4.79 Å². The maximum absolute atomic E-state index is 12.0. The molecule has 1 heterocycles. The summed E-state index contributed by atoms with van der Waals surface area (Å²) in [7, 11) is 4.64. The highest BCUT2D eigenvalue weighted by Crippen LogP contribution is 2.41. The van der Waals surface area contributed by atoms with Crippen LogP contribution in [0.4, 0.5) is 0 Å². The Kier molecular flexibility index (Phi) is 5.47. The van der Waals surface area contributed by atoms with Gasteiger partial charge in [0, 0.05) is 12.0 Å². The number of aromatic nitrogens is 2. The van der Waals surface area contributed by atoms with E-state index in [0.29, 0.717) is 40.3 Å². The van der Waals surface area contributed by atoms with Crippen LogP contribution >= 0.6 is 11.8 Å². The highest BCUT2D eigenvalue weighted by atomic mass is 32.2. The number of ether oxygens (including phenoxy) is 3. The molecule has 1 aromatic carbocycles. The molecule has 0 unspecified atom stereocenters. The molecular weight excluding hydrogens is 344 g/mol. The summed E-state index contributed by atoms with van der Waals surface area (Å²) in [6.45, 7) is 0. The van der Waals surface area contributed by atoms with Gasteiger partial charge in [0.15, 0.2) is 11.5 Å². The SMILES string of the molecule is COc1cc(-c2nnc(S[C@@H]3CCCCC3=O)o2)cc(OC)c1OC. The van der Waals surface area contributed by atoms with Crippen LogP contribution in [-0.4, -0.2) is 42.6 Å². The number of Topliss-reactive ketones (excluding diaryl/α,β-unsaturated/α-hetero) is 1. The lowest BCUT2D eigenvalue weighted by Crippen LogP contribution is -2.21. The first-order valence-corrected chi connectivity index (χ1v) is 8.87. The molecule has 1 aromatic heterocycles. The second kappa shape index (κ2) is 7.77. The van der Waals surface area contributed by atoms with E-state index < -0.39 is 0 Å². The van der Waals surface area contributed by atoms with Crippen LogP contribution in [0.2, 0.25) is 0 Å². The van der Waals surface area contributed by atoms with Crippen molar-refractivity contribution in [2.75, 3.05) is 21.3 Å². The van der Waals surface area contributed by atoms with E-state index in [2.05, 4.69) is 10.2 Å². The van der Waals surface area contributed by atoms with Gasteiger partial charge in [-0.15, -0.1) is 10.2 Å². The van der Waals surface area contributed by atoms with Crippen LogP contribution in [0.15, 0.2) is 21.8 Å². The molecule has 0 saturated heterocycles. The van der Waals surface area contributed by atoms with Crippen LogP contribution in [0.5, 0.6) is 17.2 Å². The first-order chi connectivity index (χ1) is 12.2. The fourth-order valence-electron chi connectivity index (χ4n) is 2.78. The number of benzene rings is 1. The minimum atomic E-state index is -0.0954. The van der Waals surface area contributed by atoms with Gasteiger partial charge in [-0.1, -0.05) is 18.2 Å². The Bertz CT molecular complexity index is 736. The number of nitrogens with zero attached hydrogens (tertiary/aromatic N) is 2. The van der Waals surface area contributed by atoms with Crippen molar-refractivity contribution in [3.8, 4) is 28.7 Å². The molecular formula is C17H20N2O5S. The van der Waals surface area contributed by atoms with Gasteiger partial charge in [0.1, 0.15) is 5.78 Å². The van der Waals surface area contributed by atoms with E-state index in [-0.39, 0.29) is 11.0 Å². The van der Waals surface area contributed by atoms with Crippen molar-refractivity contribution in [1.82, 2.24) is 10.2 Å². The molecule has 1 fully saturated rings. The zero-order valence-electron chi connectivity index (χ0n) is 14.4. The third-order valence-electron chi connectivity index (χ3n) is 4.06. The van der Waals surface area contributed by atoms with Crippen molar-refractivity contribution in [2.45, 2.75) is 36.2 Å². The maximum atomic E-state index is 12.0. The zero-order valence-corrected chi connectivity index (χ0v) is 15.2. The van der Waals surface area contributed by atoms with Gasteiger partial charge in [0.05, 0.1) is 26.6 Å². The Hall–Kier alpha value is -2.22. The molecule has 7 nitrogen and oxygen atoms in total. The number of carbonyl (C=O) groups is 1. The third-order valence-corrected chi connectivity index (χ3v) is 5.21. The van der Waals surface area contributed by atoms with Crippen LogP contribution in [0.25, 0.3) is 11.5 Å². The number of thioether (sulfide) groups is 1. The summed E-state index contributed by atoms with van der Waals surface area (Å²) in [5.41, 5.74) is 0.656. The van der Waals surface area contributed by atoms with Crippen LogP contribution < -0.4 is 14.2 Å². The Morgan fingerprint density at radius 1 is 1.08 bits per heavy atom. The predicted octanol–water partition coefficient (Wildman–Crippen LogP) is 3.37. The largest absolute Gasteiger partial charge is 0.493 e. The van der Waals surface area contributed by atoms with Gasteiger partial charge in [0.2, 0.25) is 11.6 Å². The molecule has 0 amide bonds. The average molecular weight is 364 g/mol. The molecule has 0 radical (unpaired) electrons. The van der Waals surface area contributed by atoms with Gasteiger partial charge >= 0.3 is 0 Å². The second-order valence-corrected chi connectivity index (χ2v) is 6.76. The lowest BCUT2D eigenvalue weighted by molar-refractivity contribution is -0.119. The van der Waals surface area contributed by atoms with Crippen molar-refractivity contribution in [1.29, 1.82) is 0 Å². The molecule has 0 N–H and O–H groups in total. The molecule has 1 aliphatic rings. The molecule has 1 aliphatic carbocycles. The van der Waals surface area contributed by atoms with Gasteiger partial charge in [-0.05, 0) is 25.0 Å². The van der Waals surface area contributed by atoms with Gasteiger partial charge in [-0.2, -0.15) is 0 Å². The number of hydrogen-bond acceptors (Lipinski definition) is 8. The average Bonchev–Trinajstić information content (AvgIpc) is 3.11. The summed E-state index contributed by atoms with van der Waals surface area (Å²) in [5.74, 6) is 2.10. The van der Waals surface area contributed by atoms with Crippen molar-refractivity contribution >= 4 is 17.5 Å². The lowest BCUT2D eigenvalue weighted by Gasteiger charge is -2.17. The predicted molar refractivity (Wildman–Crippen MR) is 92.5 cm³/mol. The molecule has 8 heteroatoms. The molecule has 0 bridgehead atoms. The quantitative estimate of drug-likeness (QED) is 0.771. The summed E-state index contributed by atoms with van der Waals surface area (Å²) in [5, 5.41) is 8.44. The van der Waals surface area contributed by atoms with Crippen molar-refractivity contribution in [3.05, 3.63) is 12.1 Å². The van der Waals surface area contributed by atoms with E-state index in [1.54, 1.807) is 33.5 Å². The Morgan fingerprint density at radius 3 is 2.40 bits per heavy atom. The molecule has 0 spiro atoms. The fraction of sp³-hybridized carbons (Fsp3) is 0.471. The highest BCUT2D eigenvalue weighted by molar-refractivity contribution is 8.00. The smallest absolute Gasteiger partial charge is 0.277 e. The summed E-state index contributed by atoms with van der Waals surface area (Å²) in [6.07, 6.45) is 3.50. The van der Waals surface area contributed by atoms with E-state index in [1.165, 1.54) is 11.8 Å². The number of rotatable bonds is 6. The summed E-state index contributed by atoms with van der Waals surface area (Å²) < 4.78 is 21.7. The molecule has 1 atom stereocenters. The monoisotopic (exact) mass is 364 g/mol. The minimum Gasteiger partial charge on any atom is -0.493 e. The van der Waals surface area contributed by atoms with Crippen LogP contribution in [0, 0.1) is 0 Å². The van der Waals surface area contributed by atoms with Gasteiger partial charge in [0.25, 0.3) is 5.22 Å². The standard InChI is InChI=1S/C17H20N2O5S/c1-21-12-8-10(9-13(22-2)15(12)23-3)16-18-19-17(24-16)25-14-7-5-4-6-11(14)20/h8-9,14H,4-7H2,1-3H3/t14-/m1/s1. The van der Waals surface area contributed by atoms with E-state index in [4.69, 9.17) is 18.6 Å². The second-order valence-electron chi connectivity index (χ2n) is 5.61. The third kappa shape index (κ3) is 3.73. The van der Waals surface area contributed by atoms with E-state index in [1.807, 2.05) is 0 Å². The molecule has 2 aromatic rings. The zero-order chi connectivity index (χ0) is 17.8. The minimum absolute atomic E-state index is 0.0954. The normalized spacial score (nSPS) is 17.4. The maximum Gasteiger partial charge on any atom is 0.277 e. The topological polar surface area (TPSA) is 83.7 Å². The van der Waals surface area contributed by atoms with Crippen LogP contribution in [0.1, 0.15) is 25.7 Å². The number of carbonyl (C=O) groups excluding carboxylic acids is 1. The summed E-state index contributed by atoms with van der Waals surface area (Å²) in [4.78, 5) is 12.0. The Balaban J connectivity index is 1.85. The van der Waals surface area contributed by atoms with E-state index >= 15 is 0 Å². The van der Waals surface area contributed by atoms with Gasteiger partial charge in [-0.25, -0.2) is 0 Å². The molecule has 134 valence electrons. The number of methoxy groups -OCH3 is 3. The molecule has 0 aliphatic heterocycles. The fourth-order valence-corrected chi connectivity index (χ4v) is 3.77. The van der Waals surface area contributed by atoms with Crippen LogP contribution in [-0.2, 0) is 4.79 Å². The molecule has 1 saturated carbocycles. The van der Waals surface area contributed by atoms with E-state index in [0.717, 1.165) is 19.3 Å². The van der Waals surface area contributed by atoms with Crippen molar-refractivity contribution in [2.24, 2.45) is 0 Å².